The maximum atomic E-state index is 12.3. The summed E-state index contributed by atoms with van der Waals surface area (Å²) < 4.78 is 5.39. The van der Waals surface area contributed by atoms with Crippen molar-refractivity contribution < 1.29 is 14.3 Å². The highest BCUT2D eigenvalue weighted by atomic mass is 16.5. The normalized spacial score (nSPS) is 38.9. The van der Waals surface area contributed by atoms with E-state index in [9.17, 15) is 9.59 Å². The van der Waals surface area contributed by atoms with Crippen molar-refractivity contribution in [1.29, 1.82) is 0 Å². The molecule has 1 N–H and O–H groups in total. The van der Waals surface area contributed by atoms with Crippen LogP contribution in [0.1, 0.15) is 44.9 Å². The Morgan fingerprint density at radius 1 is 1.17 bits per heavy atom. The largest absolute Gasteiger partial charge is 0.381 e. The monoisotopic (exact) mass is 251 g/mol. The smallest absolute Gasteiger partial charge is 0.226 e. The first-order valence-electron chi connectivity index (χ1n) is 7.04. The molecule has 1 aliphatic carbocycles. The number of hydrogen-bond acceptors (Lipinski definition) is 3. The number of amides is 1. The van der Waals surface area contributed by atoms with E-state index in [1.165, 1.54) is 0 Å². The first-order chi connectivity index (χ1) is 8.68. The van der Waals surface area contributed by atoms with E-state index in [2.05, 4.69) is 5.32 Å². The van der Waals surface area contributed by atoms with Crippen LogP contribution in [-0.2, 0) is 14.3 Å². The van der Waals surface area contributed by atoms with Gasteiger partial charge < -0.3 is 14.8 Å². The van der Waals surface area contributed by atoms with Gasteiger partial charge in [-0.2, -0.15) is 0 Å². The minimum Gasteiger partial charge on any atom is -0.381 e. The van der Waals surface area contributed by atoms with E-state index < -0.39 is 0 Å². The molecule has 0 unspecified atom stereocenters. The molecule has 2 heterocycles. The molecular formula is C14H21NO3. The third-order valence-corrected chi connectivity index (χ3v) is 5.17. The van der Waals surface area contributed by atoms with E-state index in [1.54, 1.807) is 0 Å². The van der Waals surface area contributed by atoms with Crippen molar-refractivity contribution in [2.24, 2.45) is 11.3 Å². The topological polar surface area (TPSA) is 55.4 Å². The van der Waals surface area contributed by atoms with Gasteiger partial charge in [0.15, 0.2) is 0 Å². The van der Waals surface area contributed by atoms with E-state index in [4.69, 9.17) is 4.74 Å². The Bertz CT molecular complexity index is 352. The van der Waals surface area contributed by atoms with Crippen molar-refractivity contribution >= 4 is 12.2 Å². The SMILES string of the molecule is O=CC1CCC2(CC1)CC1(CCOCC1)C(=O)N2. The number of nitrogens with one attached hydrogen (secondary N) is 1. The first kappa shape index (κ1) is 12.2. The molecule has 4 heteroatoms. The number of ether oxygens (including phenoxy) is 1. The van der Waals surface area contributed by atoms with Crippen LogP contribution in [0.2, 0.25) is 0 Å². The van der Waals surface area contributed by atoms with Gasteiger partial charge in [0.05, 0.1) is 5.41 Å². The molecule has 0 aromatic carbocycles. The first-order valence-corrected chi connectivity index (χ1v) is 7.04. The fourth-order valence-electron chi connectivity index (χ4n) is 3.94. The number of carbonyl (C=O) groups excluding carboxylic acids is 2. The van der Waals surface area contributed by atoms with Crippen molar-refractivity contribution in [3.8, 4) is 0 Å². The molecule has 0 bridgehead atoms. The molecule has 0 aromatic heterocycles. The van der Waals surface area contributed by atoms with E-state index >= 15 is 0 Å². The molecule has 100 valence electrons. The van der Waals surface area contributed by atoms with Crippen molar-refractivity contribution in [2.45, 2.75) is 50.5 Å². The summed E-state index contributed by atoms with van der Waals surface area (Å²) in [7, 11) is 0. The van der Waals surface area contributed by atoms with Gasteiger partial charge in [0.25, 0.3) is 0 Å². The van der Waals surface area contributed by atoms with Crippen LogP contribution in [0.3, 0.4) is 0 Å². The lowest BCUT2D eigenvalue weighted by Crippen LogP contribution is -2.44. The molecule has 2 saturated heterocycles. The van der Waals surface area contributed by atoms with E-state index in [-0.39, 0.29) is 22.8 Å². The average Bonchev–Trinajstić information content (AvgIpc) is 2.64. The minimum atomic E-state index is -0.174. The maximum absolute atomic E-state index is 12.3. The maximum Gasteiger partial charge on any atom is 0.226 e. The van der Waals surface area contributed by atoms with Gasteiger partial charge in [-0.3, -0.25) is 4.79 Å². The predicted molar refractivity (Wildman–Crippen MR) is 66.0 cm³/mol. The quantitative estimate of drug-likeness (QED) is 0.717. The Balaban J connectivity index is 1.73. The Labute approximate surface area is 107 Å². The van der Waals surface area contributed by atoms with Gasteiger partial charge in [0.1, 0.15) is 6.29 Å². The van der Waals surface area contributed by atoms with Gasteiger partial charge in [0, 0.05) is 24.7 Å². The zero-order valence-corrected chi connectivity index (χ0v) is 10.7. The van der Waals surface area contributed by atoms with Crippen LogP contribution in [-0.4, -0.2) is 30.9 Å². The summed E-state index contributed by atoms with van der Waals surface area (Å²) in [6, 6.07) is 0. The molecule has 0 radical (unpaired) electrons. The zero-order chi connectivity index (χ0) is 12.6. The summed E-state index contributed by atoms with van der Waals surface area (Å²) >= 11 is 0. The van der Waals surface area contributed by atoms with E-state index in [1.807, 2.05) is 0 Å². The van der Waals surface area contributed by atoms with E-state index in [0.717, 1.165) is 51.2 Å². The molecule has 0 atom stereocenters. The second kappa shape index (κ2) is 4.34. The highest BCUT2D eigenvalue weighted by molar-refractivity contribution is 5.86. The Hall–Kier alpha value is -0.900. The third-order valence-electron chi connectivity index (χ3n) is 5.17. The third kappa shape index (κ3) is 1.87. The standard InChI is InChI=1S/C14H21NO3/c16-9-11-1-3-14(4-2-11)10-13(12(17)15-14)5-7-18-8-6-13/h9,11H,1-8,10H2,(H,15,17). The molecule has 3 fully saturated rings. The van der Waals surface area contributed by atoms with Crippen molar-refractivity contribution in [3.63, 3.8) is 0 Å². The molecule has 0 aromatic rings. The lowest BCUT2D eigenvalue weighted by atomic mass is 9.69. The number of carbonyl (C=O) groups is 2. The molecular weight excluding hydrogens is 230 g/mol. The molecule has 1 saturated carbocycles. The molecule has 3 aliphatic rings. The molecule has 2 spiro atoms. The lowest BCUT2D eigenvalue weighted by Gasteiger charge is -2.37. The molecule has 2 aliphatic heterocycles. The molecule has 18 heavy (non-hydrogen) atoms. The molecule has 4 nitrogen and oxygen atoms in total. The van der Waals surface area contributed by atoms with Gasteiger partial charge in [0.2, 0.25) is 5.91 Å². The van der Waals surface area contributed by atoms with Gasteiger partial charge in [-0.1, -0.05) is 0 Å². The van der Waals surface area contributed by atoms with Crippen LogP contribution in [0, 0.1) is 11.3 Å². The van der Waals surface area contributed by atoms with Gasteiger partial charge >= 0.3 is 0 Å². The summed E-state index contributed by atoms with van der Waals surface area (Å²) in [5, 5.41) is 3.26. The van der Waals surface area contributed by atoms with Crippen LogP contribution in [0.5, 0.6) is 0 Å². The van der Waals surface area contributed by atoms with Crippen molar-refractivity contribution in [2.75, 3.05) is 13.2 Å². The average molecular weight is 251 g/mol. The van der Waals surface area contributed by atoms with Crippen LogP contribution in [0.4, 0.5) is 0 Å². The second-order valence-corrected chi connectivity index (χ2v) is 6.28. The summed E-state index contributed by atoms with van der Waals surface area (Å²) in [6.07, 6.45) is 7.53. The number of aldehydes is 1. The molecule has 3 rings (SSSR count). The highest BCUT2D eigenvalue weighted by Crippen LogP contribution is 2.49. The fourth-order valence-corrected chi connectivity index (χ4v) is 3.94. The zero-order valence-electron chi connectivity index (χ0n) is 10.7. The van der Waals surface area contributed by atoms with Gasteiger partial charge in [-0.15, -0.1) is 0 Å². The number of rotatable bonds is 1. The number of hydrogen-bond donors (Lipinski definition) is 1. The second-order valence-electron chi connectivity index (χ2n) is 6.28. The van der Waals surface area contributed by atoms with Crippen molar-refractivity contribution in [1.82, 2.24) is 5.32 Å². The summed E-state index contributed by atoms with van der Waals surface area (Å²) in [4.78, 5) is 23.2. The Morgan fingerprint density at radius 2 is 1.83 bits per heavy atom. The van der Waals surface area contributed by atoms with Crippen molar-refractivity contribution in [3.05, 3.63) is 0 Å². The van der Waals surface area contributed by atoms with Crippen LogP contribution in [0.25, 0.3) is 0 Å². The summed E-state index contributed by atoms with van der Waals surface area (Å²) in [6.45, 7) is 1.42. The molecule has 1 amide bonds. The van der Waals surface area contributed by atoms with Crippen LogP contribution in [0.15, 0.2) is 0 Å². The fraction of sp³-hybridized carbons (Fsp3) is 0.857. The highest BCUT2D eigenvalue weighted by Gasteiger charge is 2.54. The van der Waals surface area contributed by atoms with Crippen LogP contribution < -0.4 is 5.32 Å². The lowest BCUT2D eigenvalue weighted by molar-refractivity contribution is -0.132. The summed E-state index contributed by atoms with van der Waals surface area (Å²) in [5.74, 6) is 0.439. The summed E-state index contributed by atoms with van der Waals surface area (Å²) in [5.41, 5.74) is -0.194. The minimum absolute atomic E-state index is 0.0199. The Kier molecular flexibility index (Phi) is 2.93. The van der Waals surface area contributed by atoms with E-state index in [0.29, 0.717) is 13.2 Å². The van der Waals surface area contributed by atoms with Crippen LogP contribution >= 0.6 is 0 Å². The Morgan fingerprint density at radius 3 is 2.44 bits per heavy atom. The van der Waals surface area contributed by atoms with Gasteiger partial charge in [-0.25, -0.2) is 0 Å². The predicted octanol–water partition coefficient (Wildman–Crippen LogP) is 1.43. The van der Waals surface area contributed by atoms with Gasteiger partial charge in [-0.05, 0) is 44.9 Å².